The zero-order valence-corrected chi connectivity index (χ0v) is 10.3. The molecular formula is C10H13IN2O2. The number of hydrogen-bond acceptors (Lipinski definition) is 3. The summed E-state index contributed by atoms with van der Waals surface area (Å²) in [5, 5.41) is 14.0. The van der Waals surface area contributed by atoms with E-state index in [-0.39, 0.29) is 19.1 Å². The summed E-state index contributed by atoms with van der Waals surface area (Å²) in [5.41, 5.74) is 0.784. The molecule has 0 aliphatic carbocycles. The predicted octanol–water partition coefficient (Wildman–Crippen LogP) is 0.812. The van der Waals surface area contributed by atoms with Crippen LogP contribution in [0.2, 0.25) is 0 Å². The molecule has 1 amide bonds. The monoisotopic (exact) mass is 320 g/mol. The second kappa shape index (κ2) is 6.76. The van der Waals surface area contributed by atoms with Gasteiger partial charge in [0.1, 0.15) is 0 Å². The average Bonchev–Trinajstić information content (AvgIpc) is 2.22. The summed E-state index contributed by atoms with van der Waals surface area (Å²) in [5.74, 6) is -0.107. The summed E-state index contributed by atoms with van der Waals surface area (Å²) in [6, 6.07) is 7.56. The van der Waals surface area contributed by atoms with Crippen molar-refractivity contribution in [3.05, 3.63) is 27.8 Å². The van der Waals surface area contributed by atoms with E-state index in [4.69, 9.17) is 5.11 Å². The Morgan fingerprint density at radius 1 is 1.33 bits per heavy atom. The zero-order chi connectivity index (χ0) is 11.1. The molecule has 0 radical (unpaired) electrons. The molecule has 15 heavy (non-hydrogen) atoms. The lowest BCUT2D eigenvalue weighted by Gasteiger charge is -2.05. The number of hydrogen-bond donors (Lipinski definition) is 3. The van der Waals surface area contributed by atoms with Gasteiger partial charge in [0.25, 0.3) is 0 Å². The van der Waals surface area contributed by atoms with Crippen LogP contribution in [0, 0.1) is 3.57 Å². The quantitative estimate of drug-likeness (QED) is 0.556. The maximum absolute atomic E-state index is 11.3. The minimum Gasteiger partial charge on any atom is -0.395 e. The zero-order valence-electron chi connectivity index (χ0n) is 8.16. The SMILES string of the molecule is O=C(CNCCO)Nc1ccc(I)cc1. The fraction of sp³-hybridized carbons (Fsp3) is 0.300. The lowest BCUT2D eigenvalue weighted by molar-refractivity contribution is -0.115. The third kappa shape index (κ3) is 5.10. The highest BCUT2D eigenvalue weighted by atomic mass is 127. The molecule has 0 saturated carbocycles. The summed E-state index contributed by atoms with van der Waals surface area (Å²) < 4.78 is 1.13. The van der Waals surface area contributed by atoms with Gasteiger partial charge in [-0.05, 0) is 46.9 Å². The first-order valence-corrected chi connectivity index (χ1v) is 5.67. The van der Waals surface area contributed by atoms with Crippen molar-refractivity contribution in [3.63, 3.8) is 0 Å². The third-order valence-electron chi connectivity index (χ3n) is 1.70. The van der Waals surface area contributed by atoms with Crippen LogP contribution in [0.3, 0.4) is 0 Å². The molecule has 0 heterocycles. The molecule has 1 aromatic carbocycles. The van der Waals surface area contributed by atoms with Gasteiger partial charge in [-0.1, -0.05) is 0 Å². The Morgan fingerprint density at radius 2 is 2.00 bits per heavy atom. The Morgan fingerprint density at radius 3 is 2.60 bits per heavy atom. The van der Waals surface area contributed by atoms with Crippen molar-refractivity contribution in [3.8, 4) is 0 Å². The van der Waals surface area contributed by atoms with Gasteiger partial charge >= 0.3 is 0 Å². The molecule has 0 saturated heterocycles. The maximum Gasteiger partial charge on any atom is 0.238 e. The molecule has 0 aromatic heterocycles. The number of aliphatic hydroxyl groups is 1. The van der Waals surface area contributed by atoms with Gasteiger partial charge < -0.3 is 15.7 Å². The van der Waals surface area contributed by atoms with E-state index in [0.29, 0.717) is 6.54 Å². The molecule has 4 nitrogen and oxygen atoms in total. The largest absolute Gasteiger partial charge is 0.395 e. The fourth-order valence-corrected chi connectivity index (χ4v) is 1.38. The highest BCUT2D eigenvalue weighted by Gasteiger charge is 2.00. The molecule has 0 spiro atoms. The van der Waals surface area contributed by atoms with E-state index >= 15 is 0 Å². The Hall–Kier alpha value is -0.660. The van der Waals surface area contributed by atoms with Gasteiger partial charge in [-0.3, -0.25) is 4.79 Å². The normalized spacial score (nSPS) is 10.0. The second-order valence-electron chi connectivity index (χ2n) is 2.96. The average molecular weight is 320 g/mol. The summed E-state index contributed by atoms with van der Waals surface area (Å²) >= 11 is 2.20. The third-order valence-corrected chi connectivity index (χ3v) is 2.42. The van der Waals surface area contributed by atoms with Crippen LogP contribution in [0.15, 0.2) is 24.3 Å². The summed E-state index contributed by atoms with van der Waals surface area (Å²) in [4.78, 5) is 11.3. The number of anilines is 1. The van der Waals surface area contributed by atoms with Gasteiger partial charge in [-0.15, -0.1) is 0 Å². The van der Waals surface area contributed by atoms with Crippen molar-refractivity contribution in [1.82, 2.24) is 5.32 Å². The minimum absolute atomic E-state index is 0.0385. The Labute approximate surface area is 102 Å². The molecule has 0 atom stereocenters. The second-order valence-corrected chi connectivity index (χ2v) is 4.20. The molecule has 5 heteroatoms. The molecule has 1 rings (SSSR count). The van der Waals surface area contributed by atoms with Crippen LogP contribution in [-0.2, 0) is 4.79 Å². The van der Waals surface area contributed by atoms with Crippen LogP contribution in [-0.4, -0.2) is 30.7 Å². The maximum atomic E-state index is 11.3. The molecule has 0 unspecified atom stereocenters. The first-order chi connectivity index (χ1) is 7.22. The van der Waals surface area contributed by atoms with E-state index in [1.165, 1.54) is 0 Å². The van der Waals surface area contributed by atoms with Crippen LogP contribution in [0.1, 0.15) is 0 Å². The number of amides is 1. The standard InChI is InChI=1S/C10H13IN2O2/c11-8-1-3-9(4-2-8)13-10(15)7-12-5-6-14/h1-4,12,14H,5-7H2,(H,13,15). The number of halogens is 1. The molecule has 1 aromatic rings. The van der Waals surface area contributed by atoms with E-state index in [1.807, 2.05) is 24.3 Å². The summed E-state index contributed by atoms with van der Waals surface area (Å²) in [6.07, 6.45) is 0. The lowest BCUT2D eigenvalue weighted by atomic mass is 10.3. The number of aliphatic hydroxyl groups excluding tert-OH is 1. The number of carbonyl (C=O) groups is 1. The van der Waals surface area contributed by atoms with Crippen molar-refractivity contribution in [2.75, 3.05) is 25.0 Å². The molecule has 0 bridgehead atoms. The number of carbonyl (C=O) groups excluding carboxylic acids is 1. The van der Waals surface area contributed by atoms with Crippen LogP contribution in [0.4, 0.5) is 5.69 Å². The van der Waals surface area contributed by atoms with Crippen LogP contribution < -0.4 is 10.6 Å². The Balaban J connectivity index is 2.34. The van der Waals surface area contributed by atoms with Crippen molar-refractivity contribution < 1.29 is 9.90 Å². The van der Waals surface area contributed by atoms with Crippen molar-refractivity contribution in [2.45, 2.75) is 0 Å². The molecule has 82 valence electrons. The van der Waals surface area contributed by atoms with Crippen LogP contribution >= 0.6 is 22.6 Å². The molecule has 0 aliphatic heterocycles. The van der Waals surface area contributed by atoms with Crippen molar-refractivity contribution >= 4 is 34.2 Å². The summed E-state index contributed by atoms with van der Waals surface area (Å²) in [6.45, 7) is 0.684. The van der Waals surface area contributed by atoms with Crippen LogP contribution in [0.25, 0.3) is 0 Å². The highest BCUT2D eigenvalue weighted by Crippen LogP contribution is 2.10. The minimum atomic E-state index is -0.107. The fourth-order valence-electron chi connectivity index (χ4n) is 1.02. The Kier molecular flexibility index (Phi) is 5.59. The first kappa shape index (κ1) is 12.4. The predicted molar refractivity (Wildman–Crippen MR) is 67.7 cm³/mol. The first-order valence-electron chi connectivity index (χ1n) is 4.59. The van der Waals surface area contributed by atoms with E-state index in [9.17, 15) is 4.79 Å². The smallest absolute Gasteiger partial charge is 0.238 e. The van der Waals surface area contributed by atoms with Gasteiger partial charge in [0.2, 0.25) is 5.91 Å². The van der Waals surface area contributed by atoms with Gasteiger partial charge in [-0.25, -0.2) is 0 Å². The Bertz CT molecular complexity index is 314. The van der Waals surface area contributed by atoms with E-state index in [2.05, 4.69) is 33.2 Å². The van der Waals surface area contributed by atoms with Gasteiger partial charge in [0, 0.05) is 15.8 Å². The van der Waals surface area contributed by atoms with Gasteiger partial charge in [-0.2, -0.15) is 0 Å². The number of nitrogens with one attached hydrogen (secondary N) is 2. The highest BCUT2D eigenvalue weighted by molar-refractivity contribution is 14.1. The number of benzene rings is 1. The molecular weight excluding hydrogens is 307 g/mol. The molecule has 0 aliphatic rings. The van der Waals surface area contributed by atoms with Gasteiger partial charge in [0.05, 0.1) is 13.2 Å². The van der Waals surface area contributed by atoms with Crippen molar-refractivity contribution in [2.24, 2.45) is 0 Å². The summed E-state index contributed by atoms with van der Waals surface area (Å²) in [7, 11) is 0. The van der Waals surface area contributed by atoms with Gasteiger partial charge in [0.15, 0.2) is 0 Å². The van der Waals surface area contributed by atoms with Crippen molar-refractivity contribution in [1.29, 1.82) is 0 Å². The van der Waals surface area contributed by atoms with E-state index < -0.39 is 0 Å². The van der Waals surface area contributed by atoms with E-state index in [0.717, 1.165) is 9.26 Å². The molecule has 0 fully saturated rings. The molecule has 3 N–H and O–H groups in total. The lowest BCUT2D eigenvalue weighted by Crippen LogP contribution is -2.29. The van der Waals surface area contributed by atoms with Crippen LogP contribution in [0.5, 0.6) is 0 Å². The number of rotatable bonds is 5. The van der Waals surface area contributed by atoms with E-state index in [1.54, 1.807) is 0 Å². The topological polar surface area (TPSA) is 61.4 Å².